The predicted octanol–water partition coefficient (Wildman–Crippen LogP) is 5.52. The first kappa shape index (κ1) is 30.6. The number of carbonyl (C=O) groups excluding carboxylic acids is 3. The van der Waals surface area contributed by atoms with Crippen LogP contribution in [-0.2, 0) is 25.5 Å². The summed E-state index contributed by atoms with van der Waals surface area (Å²) in [6.07, 6.45) is 8.76. The molecule has 4 rings (SSSR count). The molecule has 2 fully saturated rings. The van der Waals surface area contributed by atoms with Gasteiger partial charge in [0.15, 0.2) is 17.2 Å². The van der Waals surface area contributed by atoms with E-state index in [0.29, 0.717) is 23.3 Å². The third-order valence-electron chi connectivity index (χ3n) is 8.17. The zero-order valence-corrected chi connectivity index (χ0v) is 24.7. The Morgan fingerprint density at radius 3 is 2.49 bits per heavy atom. The van der Waals surface area contributed by atoms with E-state index in [0.717, 1.165) is 32.1 Å². The van der Waals surface area contributed by atoms with E-state index in [1.54, 1.807) is 0 Å². The number of pyridine rings is 1. The van der Waals surface area contributed by atoms with Gasteiger partial charge < -0.3 is 24.3 Å². The smallest absolute Gasteiger partial charge is 0.328 e. The van der Waals surface area contributed by atoms with Crippen molar-refractivity contribution in [2.24, 2.45) is 17.8 Å². The Kier molecular flexibility index (Phi) is 10.9. The highest BCUT2D eigenvalue weighted by atomic mass is 35.5. The van der Waals surface area contributed by atoms with Gasteiger partial charge in [0.1, 0.15) is 12.1 Å². The van der Waals surface area contributed by atoms with Crippen LogP contribution >= 0.6 is 11.6 Å². The van der Waals surface area contributed by atoms with Crippen LogP contribution in [0.3, 0.4) is 0 Å². The fourth-order valence-electron chi connectivity index (χ4n) is 6.32. The normalized spacial score (nSPS) is 23.5. The highest BCUT2D eigenvalue weighted by molar-refractivity contribution is 6.30. The maximum Gasteiger partial charge on any atom is 0.328 e. The van der Waals surface area contributed by atoms with E-state index in [1.165, 1.54) is 44.7 Å². The number of rotatable bonds is 9. The Morgan fingerprint density at radius 2 is 1.80 bits per heavy atom. The molecule has 41 heavy (non-hydrogen) atoms. The van der Waals surface area contributed by atoms with E-state index in [-0.39, 0.29) is 29.2 Å². The van der Waals surface area contributed by atoms with Gasteiger partial charge in [0.2, 0.25) is 6.79 Å². The molecule has 1 aliphatic carbocycles. The first-order chi connectivity index (χ1) is 19.8. The van der Waals surface area contributed by atoms with Gasteiger partial charge in [-0.15, -0.1) is 0 Å². The standard InChI is InChI=1S/C31H39ClN2O7/c1-19-27(22-7-4-5-8-22)23(17-21-11-13-24(32)14-12-21)9-6-10-25(31(37)41-19)34-30(36)28-29(40-18-39-20(2)35)26(38-3)15-16-33-28/h11-16,19,22-23,25,27H,4-10,17-18H2,1-3H3,(H,34,36)/t19-,23+,25-,27+/m0/s1. The molecule has 2 aliphatic rings. The molecular weight excluding hydrogens is 548 g/mol. The molecule has 2 aromatic rings. The predicted molar refractivity (Wildman–Crippen MR) is 153 cm³/mol. The van der Waals surface area contributed by atoms with Crippen molar-refractivity contribution < 1.29 is 33.3 Å². The molecule has 222 valence electrons. The molecule has 0 bridgehead atoms. The lowest BCUT2D eigenvalue weighted by Crippen LogP contribution is -2.44. The molecule has 1 aliphatic heterocycles. The number of esters is 2. The van der Waals surface area contributed by atoms with Gasteiger partial charge in [0.25, 0.3) is 5.91 Å². The van der Waals surface area contributed by atoms with E-state index >= 15 is 0 Å². The van der Waals surface area contributed by atoms with Crippen LogP contribution in [0.1, 0.15) is 74.8 Å². The molecular formula is C31H39ClN2O7. The summed E-state index contributed by atoms with van der Waals surface area (Å²) in [5.41, 5.74) is 1.14. The highest BCUT2D eigenvalue weighted by Gasteiger charge is 2.39. The molecule has 10 heteroatoms. The highest BCUT2D eigenvalue weighted by Crippen LogP contribution is 2.42. The van der Waals surface area contributed by atoms with Crippen molar-refractivity contribution in [3.05, 3.63) is 52.8 Å². The van der Waals surface area contributed by atoms with Crippen LogP contribution in [0, 0.1) is 17.8 Å². The molecule has 1 aromatic heterocycles. The fraction of sp³-hybridized carbons (Fsp3) is 0.548. The number of methoxy groups -OCH3 is 1. The lowest BCUT2D eigenvalue weighted by molar-refractivity contribution is -0.155. The number of amides is 1. The second-order valence-corrected chi connectivity index (χ2v) is 11.3. The summed E-state index contributed by atoms with van der Waals surface area (Å²) < 4.78 is 21.8. The van der Waals surface area contributed by atoms with Crippen LogP contribution in [-0.4, -0.2) is 48.9 Å². The quantitative estimate of drug-likeness (QED) is 0.302. The Hall–Kier alpha value is -3.33. The Balaban J connectivity index is 1.52. The summed E-state index contributed by atoms with van der Waals surface area (Å²) in [7, 11) is 1.42. The molecule has 1 aromatic carbocycles. The zero-order chi connectivity index (χ0) is 29.4. The molecule has 0 spiro atoms. The lowest BCUT2D eigenvalue weighted by atomic mass is 9.73. The fourth-order valence-corrected chi connectivity index (χ4v) is 6.44. The van der Waals surface area contributed by atoms with Crippen molar-refractivity contribution in [1.29, 1.82) is 0 Å². The average molecular weight is 587 g/mol. The van der Waals surface area contributed by atoms with E-state index < -0.39 is 30.7 Å². The van der Waals surface area contributed by atoms with Gasteiger partial charge >= 0.3 is 11.9 Å². The maximum absolute atomic E-state index is 13.4. The van der Waals surface area contributed by atoms with Gasteiger partial charge in [-0.3, -0.25) is 9.59 Å². The summed E-state index contributed by atoms with van der Waals surface area (Å²) in [6.45, 7) is 2.82. The zero-order valence-electron chi connectivity index (χ0n) is 23.9. The molecule has 0 unspecified atom stereocenters. The Bertz CT molecular complexity index is 1200. The third kappa shape index (κ3) is 8.12. The first-order valence-electron chi connectivity index (χ1n) is 14.3. The van der Waals surface area contributed by atoms with Crippen LogP contribution in [0.4, 0.5) is 0 Å². The van der Waals surface area contributed by atoms with E-state index in [9.17, 15) is 14.4 Å². The van der Waals surface area contributed by atoms with Crippen LogP contribution in [0.5, 0.6) is 11.5 Å². The van der Waals surface area contributed by atoms with Crippen molar-refractivity contribution in [1.82, 2.24) is 10.3 Å². The first-order valence-corrected chi connectivity index (χ1v) is 14.7. The van der Waals surface area contributed by atoms with Crippen LogP contribution in [0.25, 0.3) is 0 Å². The van der Waals surface area contributed by atoms with Crippen molar-refractivity contribution in [2.45, 2.75) is 77.4 Å². The van der Waals surface area contributed by atoms with Crippen molar-refractivity contribution in [3.63, 3.8) is 0 Å². The average Bonchev–Trinajstić information content (AvgIpc) is 3.48. The largest absolute Gasteiger partial charge is 0.493 e. The number of benzene rings is 1. The van der Waals surface area contributed by atoms with Gasteiger partial charge in [-0.25, -0.2) is 9.78 Å². The SMILES string of the molecule is COc1ccnc(C(=O)N[C@H]2CCC[C@H](Cc3ccc(Cl)cc3)[C@@H](C3CCCC3)[C@H](C)OC2=O)c1OCOC(C)=O. The second-order valence-electron chi connectivity index (χ2n) is 10.9. The van der Waals surface area contributed by atoms with Gasteiger partial charge in [0.05, 0.1) is 7.11 Å². The molecule has 0 radical (unpaired) electrons. The second kappa shape index (κ2) is 14.5. The molecule has 1 amide bonds. The minimum atomic E-state index is -0.849. The van der Waals surface area contributed by atoms with Crippen LogP contribution < -0.4 is 14.8 Å². The molecule has 9 nitrogen and oxygen atoms in total. The molecule has 1 N–H and O–H groups in total. The van der Waals surface area contributed by atoms with Crippen molar-refractivity contribution >= 4 is 29.4 Å². The lowest BCUT2D eigenvalue weighted by Gasteiger charge is -2.35. The van der Waals surface area contributed by atoms with Gasteiger partial charge in [-0.05, 0) is 55.7 Å². The minimum absolute atomic E-state index is 0.0166. The van der Waals surface area contributed by atoms with Crippen molar-refractivity contribution in [3.8, 4) is 11.5 Å². The van der Waals surface area contributed by atoms with Crippen LogP contribution in [0.2, 0.25) is 5.02 Å². The summed E-state index contributed by atoms with van der Waals surface area (Å²) in [4.78, 5) is 42.2. The minimum Gasteiger partial charge on any atom is -0.493 e. The van der Waals surface area contributed by atoms with E-state index in [2.05, 4.69) is 22.4 Å². The summed E-state index contributed by atoms with van der Waals surface area (Å²) in [5.74, 6) is -0.279. The molecule has 2 heterocycles. The van der Waals surface area contributed by atoms with Crippen molar-refractivity contribution in [2.75, 3.05) is 13.9 Å². The summed E-state index contributed by atoms with van der Waals surface area (Å²) >= 11 is 6.13. The maximum atomic E-state index is 13.4. The number of nitrogens with one attached hydrogen (secondary N) is 1. The van der Waals surface area contributed by atoms with Gasteiger partial charge in [-0.2, -0.15) is 0 Å². The van der Waals surface area contributed by atoms with E-state index in [1.807, 2.05) is 19.1 Å². The van der Waals surface area contributed by atoms with Gasteiger partial charge in [0, 0.05) is 30.1 Å². The molecule has 4 atom stereocenters. The van der Waals surface area contributed by atoms with Gasteiger partial charge in [-0.1, -0.05) is 55.8 Å². The number of cyclic esters (lactones) is 1. The summed E-state index contributed by atoms with van der Waals surface area (Å²) in [6, 6.07) is 8.66. The topological polar surface area (TPSA) is 113 Å². The Labute approximate surface area is 246 Å². The number of ether oxygens (including phenoxy) is 4. The monoisotopic (exact) mass is 586 g/mol. The number of hydrogen-bond donors (Lipinski definition) is 1. The summed E-state index contributed by atoms with van der Waals surface area (Å²) in [5, 5.41) is 3.52. The molecule has 1 saturated carbocycles. The number of halogens is 1. The number of nitrogens with zero attached hydrogens (tertiary/aromatic N) is 1. The Morgan fingerprint density at radius 1 is 1.07 bits per heavy atom. The number of aromatic nitrogens is 1. The third-order valence-corrected chi connectivity index (χ3v) is 8.42. The number of hydrogen-bond acceptors (Lipinski definition) is 8. The van der Waals surface area contributed by atoms with E-state index in [4.69, 9.17) is 30.5 Å². The van der Waals surface area contributed by atoms with Crippen LogP contribution in [0.15, 0.2) is 36.5 Å². The molecule has 1 saturated heterocycles. The number of carbonyl (C=O) groups is 3.